The number of hydrogen-bond acceptors (Lipinski definition) is 3. The van der Waals surface area contributed by atoms with Gasteiger partial charge in [-0.15, -0.1) is 0 Å². The van der Waals surface area contributed by atoms with Crippen molar-refractivity contribution in [1.29, 1.82) is 0 Å². The second-order valence-electron chi connectivity index (χ2n) is 7.99. The Labute approximate surface area is 172 Å². The third-order valence-corrected chi connectivity index (χ3v) is 6.00. The smallest absolute Gasteiger partial charge is 0.278 e. The van der Waals surface area contributed by atoms with E-state index in [2.05, 4.69) is 11.0 Å². The van der Waals surface area contributed by atoms with Gasteiger partial charge in [-0.05, 0) is 18.2 Å². The fourth-order valence-corrected chi connectivity index (χ4v) is 4.06. The average molecular weight is 410 g/mol. The van der Waals surface area contributed by atoms with Crippen LogP contribution in [0.2, 0.25) is 5.02 Å². The predicted molar refractivity (Wildman–Crippen MR) is 110 cm³/mol. The third-order valence-electron chi connectivity index (χ3n) is 5.77. The van der Waals surface area contributed by atoms with Crippen molar-refractivity contribution in [3.8, 4) is 0 Å². The number of carbonyl (C=O) groups is 2. The van der Waals surface area contributed by atoms with E-state index in [-0.39, 0.29) is 11.8 Å². The first kappa shape index (κ1) is 20.9. The molecule has 2 aliphatic rings. The summed E-state index contributed by atoms with van der Waals surface area (Å²) in [4.78, 5) is 33.1. The van der Waals surface area contributed by atoms with Crippen LogP contribution in [0.4, 0.5) is 5.69 Å². The van der Waals surface area contributed by atoms with Gasteiger partial charge in [0.2, 0.25) is 0 Å². The molecule has 2 heterocycles. The SMILES string of the molecule is CN(C)C(=O)C[NH+]1CCN(C(=O)C[NH+]2CCN(c3cccc(Cl)c3)CC2)CC1. The summed E-state index contributed by atoms with van der Waals surface area (Å²) in [6.45, 7) is 8.07. The summed E-state index contributed by atoms with van der Waals surface area (Å²) in [5.41, 5.74) is 1.16. The Hall–Kier alpha value is -1.83. The number of rotatable bonds is 5. The standard InChI is InChI=1S/C20H30ClN5O2/c1-22(2)19(27)15-23-8-12-26(13-9-23)20(28)16-24-6-10-25(11-7-24)18-5-3-4-17(21)14-18/h3-5,14H,6-13,15-16H2,1-2H3/p+2. The third kappa shape index (κ3) is 5.59. The van der Waals surface area contributed by atoms with Gasteiger partial charge in [-0.3, -0.25) is 9.59 Å². The second kappa shape index (κ2) is 9.58. The first-order valence-corrected chi connectivity index (χ1v) is 10.5. The number of hydrogen-bond donors (Lipinski definition) is 2. The summed E-state index contributed by atoms with van der Waals surface area (Å²) in [5, 5.41) is 0.760. The van der Waals surface area contributed by atoms with Crippen LogP contribution in [0.3, 0.4) is 0 Å². The van der Waals surface area contributed by atoms with Crippen LogP contribution in [-0.2, 0) is 9.59 Å². The molecule has 7 nitrogen and oxygen atoms in total. The molecule has 154 valence electrons. The second-order valence-corrected chi connectivity index (χ2v) is 8.43. The predicted octanol–water partition coefficient (Wildman–Crippen LogP) is -2.14. The molecule has 2 aliphatic heterocycles. The van der Waals surface area contributed by atoms with Gasteiger partial charge in [0.1, 0.15) is 0 Å². The van der Waals surface area contributed by atoms with Gasteiger partial charge in [0, 0.05) is 24.8 Å². The van der Waals surface area contributed by atoms with E-state index in [1.807, 2.05) is 23.1 Å². The maximum absolute atomic E-state index is 12.7. The lowest BCUT2D eigenvalue weighted by Gasteiger charge is -2.36. The van der Waals surface area contributed by atoms with Gasteiger partial charge < -0.3 is 24.5 Å². The summed E-state index contributed by atoms with van der Waals surface area (Å²) >= 11 is 6.10. The Balaban J connectivity index is 1.40. The number of carbonyl (C=O) groups excluding carboxylic acids is 2. The minimum absolute atomic E-state index is 0.150. The number of likely N-dealkylation sites (N-methyl/N-ethyl adjacent to an activating group) is 1. The summed E-state index contributed by atoms with van der Waals surface area (Å²) < 4.78 is 0. The number of nitrogens with zero attached hydrogens (tertiary/aromatic N) is 3. The number of benzene rings is 1. The zero-order chi connectivity index (χ0) is 20.1. The summed E-state index contributed by atoms with van der Waals surface area (Å²) in [6.07, 6.45) is 0. The molecule has 3 rings (SSSR count). The monoisotopic (exact) mass is 409 g/mol. The largest absolute Gasteiger partial charge is 0.360 e. The lowest BCUT2D eigenvalue weighted by molar-refractivity contribution is -0.898. The van der Waals surface area contributed by atoms with Crippen molar-refractivity contribution in [2.75, 3.05) is 84.4 Å². The van der Waals surface area contributed by atoms with Crippen LogP contribution in [-0.4, -0.2) is 101 Å². The highest BCUT2D eigenvalue weighted by Crippen LogP contribution is 2.19. The maximum atomic E-state index is 12.7. The normalized spacial score (nSPS) is 19.0. The van der Waals surface area contributed by atoms with Gasteiger partial charge in [0.05, 0.1) is 52.4 Å². The molecular weight excluding hydrogens is 378 g/mol. The maximum Gasteiger partial charge on any atom is 0.278 e. The van der Waals surface area contributed by atoms with Gasteiger partial charge in [0.15, 0.2) is 13.1 Å². The number of quaternary nitrogens is 2. The van der Waals surface area contributed by atoms with Crippen LogP contribution >= 0.6 is 11.6 Å². The van der Waals surface area contributed by atoms with E-state index in [1.165, 1.54) is 9.80 Å². The summed E-state index contributed by atoms with van der Waals surface area (Å²) in [7, 11) is 3.58. The summed E-state index contributed by atoms with van der Waals surface area (Å²) in [6, 6.07) is 7.96. The Morgan fingerprint density at radius 2 is 1.61 bits per heavy atom. The number of nitrogens with one attached hydrogen (secondary N) is 2. The van der Waals surface area contributed by atoms with E-state index in [9.17, 15) is 9.59 Å². The topological polar surface area (TPSA) is 52.7 Å². The molecule has 0 radical (unpaired) electrons. The molecule has 2 N–H and O–H groups in total. The summed E-state index contributed by atoms with van der Waals surface area (Å²) in [5.74, 6) is 0.390. The quantitative estimate of drug-likeness (QED) is 0.583. The van der Waals surface area contributed by atoms with Crippen molar-refractivity contribution in [3.05, 3.63) is 29.3 Å². The molecular formula is C20H32ClN5O2+2. The highest BCUT2D eigenvalue weighted by molar-refractivity contribution is 6.30. The molecule has 0 saturated carbocycles. The zero-order valence-electron chi connectivity index (χ0n) is 16.9. The molecule has 2 fully saturated rings. The van der Waals surface area contributed by atoms with Crippen LogP contribution < -0.4 is 14.7 Å². The Kier molecular flexibility index (Phi) is 7.15. The van der Waals surface area contributed by atoms with Gasteiger partial charge in [0.25, 0.3) is 11.8 Å². The minimum Gasteiger partial charge on any atom is -0.360 e. The van der Waals surface area contributed by atoms with Gasteiger partial charge in [-0.25, -0.2) is 0 Å². The molecule has 0 spiro atoms. The molecule has 28 heavy (non-hydrogen) atoms. The molecule has 1 aromatic rings. The van der Waals surface area contributed by atoms with Crippen LogP contribution in [0, 0.1) is 0 Å². The van der Waals surface area contributed by atoms with E-state index in [0.29, 0.717) is 13.1 Å². The van der Waals surface area contributed by atoms with E-state index < -0.39 is 0 Å². The van der Waals surface area contributed by atoms with Crippen molar-refractivity contribution in [2.24, 2.45) is 0 Å². The van der Waals surface area contributed by atoms with Crippen LogP contribution in [0.25, 0.3) is 0 Å². The van der Waals surface area contributed by atoms with Crippen molar-refractivity contribution in [1.82, 2.24) is 9.80 Å². The fraction of sp³-hybridized carbons (Fsp3) is 0.600. The number of halogens is 1. The molecule has 0 aromatic heterocycles. The van der Waals surface area contributed by atoms with Crippen LogP contribution in [0.5, 0.6) is 0 Å². The number of amides is 2. The average Bonchev–Trinajstić information content (AvgIpc) is 2.69. The highest BCUT2D eigenvalue weighted by Gasteiger charge is 2.29. The van der Waals surface area contributed by atoms with Gasteiger partial charge >= 0.3 is 0 Å². The van der Waals surface area contributed by atoms with Gasteiger partial charge in [-0.1, -0.05) is 17.7 Å². The van der Waals surface area contributed by atoms with Crippen molar-refractivity contribution in [2.45, 2.75) is 0 Å². The number of anilines is 1. The van der Waals surface area contributed by atoms with Crippen LogP contribution in [0.1, 0.15) is 0 Å². The molecule has 0 unspecified atom stereocenters. The molecule has 8 heteroatoms. The molecule has 2 amide bonds. The first-order chi connectivity index (χ1) is 13.4. The van der Waals surface area contributed by atoms with Crippen LogP contribution in [0.15, 0.2) is 24.3 Å². The van der Waals surface area contributed by atoms with E-state index in [1.54, 1.807) is 19.0 Å². The Bertz CT molecular complexity index is 683. The van der Waals surface area contributed by atoms with Crippen molar-refractivity contribution in [3.63, 3.8) is 0 Å². The fourth-order valence-electron chi connectivity index (χ4n) is 3.88. The van der Waals surface area contributed by atoms with E-state index in [4.69, 9.17) is 11.6 Å². The first-order valence-electron chi connectivity index (χ1n) is 10.1. The van der Waals surface area contributed by atoms with Crippen molar-refractivity contribution < 1.29 is 19.4 Å². The van der Waals surface area contributed by atoms with E-state index in [0.717, 1.165) is 63.1 Å². The number of piperazine rings is 2. The zero-order valence-corrected chi connectivity index (χ0v) is 17.7. The Morgan fingerprint density at radius 3 is 2.21 bits per heavy atom. The minimum atomic E-state index is 0.150. The van der Waals surface area contributed by atoms with Gasteiger partial charge in [-0.2, -0.15) is 0 Å². The molecule has 0 atom stereocenters. The van der Waals surface area contributed by atoms with Crippen molar-refractivity contribution >= 4 is 29.1 Å². The molecule has 2 saturated heterocycles. The van der Waals surface area contributed by atoms with E-state index >= 15 is 0 Å². The lowest BCUT2D eigenvalue weighted by atomic mass is 10.2. The Morgan fingerprint density at radius 1 is 1.00 bits per heavy atom. The lowest BCUT2D eigenvalue weighted by Crippen LogP contribution is -3.17. The molecule has 0 aliphatic carbocycles. The molecule has 1 aromatic carbocycles. The molecule has 0 bridgehead atoms. The highest BCUT2D eigenvalue weighted by atomic mass is 35.5.